The van der Waals surface area contributed by atoms with E-state index in [1.54, 1.807) is 6.92 Å². The van der Waals surface area contributed by atoms with Crippen LogP contribution in [0.2, 0.25) is 10.2 Å². The number of aromatic nitrogens is 2. The van der Waals surface area contributed by atoms with Crippen molar-refractivity contribution in [3.8, 4) is 11.4 Å². The molecule has 0 saturated heterocycles. The monoisotopic (exact) mass is 414 g/mol. The minimum Gasteiger partial charge on any atom is -0.434 e. The second-order valence-electron chi connectivity index (χ2n) is 5.20. The van der Waals surface area contributed by atoms with Crippen molar-refractivity contribution in [1.82, 2.24) is 9.55 Å². The SMILES string of the molecule is CCOC(=O)Oc1cn(-c2c(F)cc(F)cc2Cl)c2nc(Cl)ccc2c1=O. The fourth-order valence-corrected chi connectivity index (χ4v) is 2.83. The Hall–Kier alpha value is -2.71. The molecule has 0 radical (unpaired) electrons. The molecule has 0 N–H and O–H groups in total. The summed E-state index contributed by atoms with van der Waals surface area (Å²) in [6.07, 6.45) is -0.110. The highest BCUT2D eigenvalue weighted by Gasteiger charge is 2.20. The Morgan fingerprint density at radius 3 is 2.67 bits per heavy atom. The summed E-state index contributed by atoms with van der Waals surface area (Å²) in [7, 11) is 0. The normalized spacial score (nSPS) is 10.9. The Bertz CT molecular complexity index is 1100. The van der Waals surface area contributed by atoms with E-state index in [0.717, 1.165) is 16.8 Å². The minimum atomic E-state index is -1.12. The molecule has 0 aliphatic carbocycles. The van der Waals surface area contributed by atoms with Gasteiger partial charge in [-0.25, -0.2) is 18.6 Å². The number of carbonyl (C=O) groups is 1. The van der Waals surface area contributed by atoms with Crippen molar-refractivity contribution >= 4 is 40.4 Å². The lowest BCUT2D eigenvalue weighted by molar-refractivity contribution is 0.104. The van der Waals surface area contributed by atoms with Crippen molar-refractivity contribution < 1.29 is 23.0 Å². The first-order chi connectivity index (χ1) is 12.8. The van der Waals surface area contributed by atoms with Crippen molar-refractivity contribution in [2.24, 2.45) is 0 Å². The van der Waals surface area contributed by atoms with Crippen LogP contribution in [-0.2, 0) is 4.74 Å². The molecular formula is C17H10Cl2F2N2O4. The molecule has 0 aliphatic rings. The first kappa shape index (κ1) is 19.1. The highest BCUT2D eigenvalue weighted by molar-refractivity contribution is 6.32. The zero-order chi connectivity index (χ0) is 19.7. The van der Waals surface area contributed by atoms with Gasteiger partial charge in [-0.1, -0.05) is 23.2 Å². The molecule has 6 nitrogen and oxygen atoms in total. The third-order valence-electron chi connectivity index (χ3n) is 3.46. The second-order valence-corrected chi connectivity index (χ2v) is 6.00. The van der Waals surface area contributed by atoms with Gasteiger partial charge < -0.3 is 9.47 Å². The molecular weight excluding hydrogens is 405 g/mol. The average molecular weight is 415 g/mol. The second kappa shape index (κ2) is 7.50. The van der Waals surface area contributed by atoms with Crippen LogP contribution < -0.4 is 10.2 Å². The Morgan fingerprint density at radius 2 is 2.00 bits per heavy atom. The molecule has 2 heterocycles. The number of fused-ring (bicyclic) bond motifs is 1. The molecule has 0 unspecified atom stereocenters. The fraction of sp³-hybridized carbons (Fsp3) is 0.118. The Kier molecular flexibility index (Phi) is 5.29. The van der Waals surface area contributed by atoms with Crippen LogP contribution in [-0.4, -0.2) is 22.3 Å². The van der Waals surface area contributed by atoms with E-state index in [2.05, 4.69) is 9.72 Å². The van der Waals surface area contributed by atoms with Crippen molar-refractivity contribution in [3.05, 3.63) is 62.5 Å². The first-order valence-electron chi connectivity index (χ1n) is 7.53. The van der Waals surface area contributed by atoms with Crippen LogP contribution in [0.1, 0.15) is 6.92 Å². The van der Waals surface area contributed by atoms with Gasteiger partial charge in [-0.05, 0) is 25.1 Å². The maximum atomic E-state index is 14.4. The number of ether oxygens (including phenoxy) is 2. The van der Waals surface area contributed by atoms with Crippen LogP contribution in [0.25, 0.3) is 16.7 Å². The van der Waals surface area contributed by atoms with Crippen LogP contribution >= 0.6 is 23.2 Å². The van der Waals surface area contributed by atoms with Gasteiger partial charge in [-0.3, -0.25) is 9.36 Å². The predicted octanol–water partition coefficient (Wildman–Crippen LogP) is 4.51. The van der Waals surface area contributed by atoms with Gasteiger partial charge in [0.1, 0.15) is 16.7 Å². The van der Waals surface area contributed by atoms with Crippen molar-refractivity contribution in [3.63, 3.8) is 0 Å². The largest absolute Gasteiger partial charge is 0.514 e. The van der Waals surface area contributed by atoms with Gasteiger partial charge in [-0.2, -0.15) is 0 Å². The number of rotatable bonds is 3. The molecule has 27 heavy (non-hydrogen) atoms. The van der Waals surface area contributed by atoms with Crippen molar-refractivity contribution in [2.75, 3.05) is 6.61 Å². The highest BCUT2D eigenvalue weighted by atomic mass is 35.5. The summed E-state index contributed by atoms with van der Waals surface area (Å²) in [5, 5.41) is -0.296. The Morgan fingerprint density at radius 1 is 1.26 bits per heavy atom. The molecule has 3 aromatic rings. The predicted molar refractivity (Wildman–Crippen MR) is 94.9 cm³/mol. The topological polar surface area (TPSA) is 70.4 Å². The van der Waals surface area contributed by atoms with Crippen LogP contribution in [0.15, 0.2) is 35.3 Å². The van der Waals surface area contributed by atoms with Gasteiger partial charge in [0.2, 0.25) is 5.43 Å². The summed E-state index contributed by atoms with van der Waals surface area (Å²) in [4.78, 5) is 28.2. The van der Waals surface area contributed by atoms with Gasteiger partial charge >= 0.3 is 6.16 Å². The van der Waals surface area contributed by atoms with Crippen molar-refractivity contribution in [1.29, 1.82) is 0 Å². The van der Waals surface area contributed by atoms with E-state index < -0.39 is 29.0 Å². The van der Waals surface area contributed by atoms with E-state index in [0.29, 0.717) is 6.07 Å². The molecule has 0 fully saturated rings. The average Bonchev–Trinajstić information content (AvgIpc) is 2.58. The first-order valence-corrected chi connectivity index (χ1v) is 8.28. The van der Waals surface area contributed by atoms with Crippen LogP contribution in [0.4, 0.5) is 13.6 Å². The number of halogens is 4. The number of nitrogens with zero attached hydrogens (tertiary/aromatic N) is 2. The van der Waals surface area contributed by atoms with E-state index in [1.165, 1.54) is 12.1 Å². The van der Waals surface area contributed by atoms with Crippen LogP contribution in [0.3, 0.4) is 0 Å². The lowest BCUT2D eigenvalue weighted by Crippen LogP contribution is -2.19. The fourth-order valence-electron chi connectivity index (χ4n) is 2.40. The molecule has 0 atom stereocenters. The quantitative estimate of drug-likeness (QED) is 0.465. The van der Waals surface area contributed by atoms with E-state index in [4.69, 9.17) is 27.9 Å². The zero-order valence-electron chi connectivity index (χ0n) is 13.6. The standard InChI is InChI=1S/C17H10Cl2F2N2O4/c1-2-26-17(25)27-12-7-23(14-10(18)5-8(20)6-11(14)21)16-9(15(12)24)3-4-13(19)22-16/h3-7H,2H2,1H3. The van der Waals surface area contributed by atoms with Crippen LogP contribution in [0.5, 0.6) is 5.75 Å². The summed E-state index contributed by atoms with van der Waals surface area (Å²) in [5.74, 6) is -2.36. The lowest BCUT2D eigenvalue weighted by atomic mass is 10.2. The third-order valence-corrected chi connectivity index (χ3v) is 3.96. The lowest BCUT2D eigenvalue weighted by Gasteiger charge is -2.15. The molecule has 0 saturated carbocycles. The van der Waals surface area contributed by atoms with E-state index >= 15 is 0 Å². The number of carbonyl (C=O) groups excluding carboxylic acids is 1. The minimum absolute atomic E-state index is 0.0216. The van der Waals surface area contributed by atoms with Gasteiger partial charge in [0.25, 0.3) is 0 Å². The summed E-state index contributed by atoms with van der Waals surface area (Å²) in [6.45, 7) is 1.58. The molecule has 10 heteroatoms. The molecule has 0 spiro atoms. The van der Waals surface area contributed by atoms with Gasteiger partial charge in [0, 0.05) is 6.07 Å². The summed E-state index contributed by atoms with van der Waals surface area (Å²) < 4.78 is 38.4. The highest BCUT2D eigenvalue weighted by Crippen LogP contribution is 2.29. The summed E-state index contributed by atoms with van der Waals surface area (Å²) in [5.41, 5.74) is -1.06. The maximum absolute atomic E-state index is 14.4. The Balaban J connectivity index is 2.34. The number of hydrogen-bond acceptors (Lipinski definition) is 5. The number of hydrogen-bond donors (Lipinski definition) is 0. The molecule has 0 aliphatic heterocycles. The smallest absolute Gasteiger partial charge is 0.434 e. The van der Waals surface area contributed by atoms with Gasteiger partial charge in [0.15, 0.2) is 17.2 Å². The summed E-state index contributed by atoms with van der Waals surface area (Å²) in [6, 6.07) is 4.17. The maximum Gasteiger partial charge on any atom is 0.514 e. The Labute approximate surface area is 160 Å². The van der Waals surface area contributed by atoms with Gasteiger partial charge in [-0.15, -0.1) is 0 Å². The molecule has 0 bridgehead atoms. The van der Waals surface area contributed by atoms with Crippen LogP contribution in [0, 0.1) is 11.6 Å². The van der Waals surface area contributed by atoms with E-state index in [9.17, 15) is 18.4 Å². The molecule has 1 aromatic carbocycles. The van der Waals surface area contributed by atoms with Gasteiger partial charge in [0.05, 0.1) is 23.2 Å². The number of pyridine rings is 2. The third kappa shape index (κ3) is 3.72. The van der Waals surface area contributed by atoms with E-state index in [1.807, 2.05) is 0 Å². The number of benzene rings is 1. The molecule has 140 valence electrons. The molecule has 0 amide bonds. The van der Waals surface area contributed by atoms with Crippen molar-refractivity contribution in [2.45, 2.75) is 6.92 Å². The summed E-state index contributed by atoms with van der Waals surface area (Å²) >= 11 is 11.9. The molecule has 2 aromatic heterocycles. The molecule has 3 rings (SSSR count). The zero-order valence-corrected chi connectivity index (χ0v) is 15.1. The van der Waals surface area contributed by atoms with E-state index in [-0.39, 0.29) is 33.5 Å².